The van der Waals surface area contributed by atoms with Gasteiger partial charge < -0.3 is 14.9 Å². The largest absolute Gasteiger partial charge is 0.504 e. The molecule has 6 nitrogen and oxygen atoms in total. The number of aromatic hydroxyl groups is 1. The van der Waals surface area contributed by atoms with Crippen LogP contribution in [0, 0.1) is 0 Å². The van der Waals surface area contributed by atoms with Crippen molar-refractivity contribution in [3.63, 3.8) is 0 Å². The summed E-state index contributed by atoms with van der Waals surface area (Å²) in [5, 5.41) is 21.8. The lowest BCUT2D eigenvalue weighted by Gasteiger charge is -2.16. The van der Waals surface area contributed by atoms with Crippen LogP contribution in [0.5, 0.6) is 11.5 Å². The van der Waals surface area contributed by atoms with E-state index in [1.807, 2.05) is 12.1 Å². The van der Waals surface area contributed by atoms with Crippen LogP contribution in [0.25, 0.3) is 0 Å². The molecule has 0 saturated heterocycles. The fourth-order valence-corrected chi connectivity index (χ4v) is 1.93. The number of nitrogens with one attached hydrogen (secondary N) is 1. The Labute approximate surface area is 122 Å². The highest BCUT2D eigenvalue weighted by Gasteiger charge is 2.20. The number of phenols is 1. The number of nitrogens with zero attached hydrogens (tertiary/aromatic N) is 1. The highest BCUT2D eigenvalue weighted by atomic mass is 16.5. The Hall–Kier alpha value is -2.60. The minimum Gasteiger partial charge on any atom is -0.504 e. The Morgan fingerprint density at radius 2 is 2.19 bits per heavy atom. The molecule has 1 aromatic heterocycles. The van der Waals surface area contributed by atoms with E-state index in [0.29, 0.717) is 12.1 Å². The lowest BCUT2D eigenvalue weighted by Crippen LogP contribution is -2.28. The molecule has 1 aromatic carbocycles. The van der Waals surface area contributed by atoms with Crippen molar-refractivity contribution >= 4 is 5.97 Å². The Bertz CT molecular complexity index is 616. The first-order chi connectivity index (χ1) is 10.1. The van der Waals surface area contributed by atoms with Crippen LogP contribution in [-0.2, 0) is 11.3 Å². The zero-order valence-electron chi connectivity index (χ0n) is 11.5. The number of pyridine rings is 1. The minimum absolute atomic E-state index is 0.0323. The van der Waals surface area contributed by atoms with E-state index >= 15 is 0 Å². The van der Waals surface area contributed by atoms with Crippen molar-refractivity contribution in [2.45, 2.75) is 12.6 Å². The molecule has 3 N–H and O–H groups in total. The van der Waals surface area contributed by atoms with E-state index in [0.717, 1.165) is 5.69 Å². The summed E-state index contributed by atoms with van der Waals surface area (Å²) in [6, 6.07) is 8.98. The fourth-order valence-electron chi connectivity index (χ4n) is 1.93. The van der Waals surface area contributed by atoms with E-state index in [4.69, 9.17) is 4.74 Å². The number of aliphatic carboxylic acids is 1. The number of ether oxygens (including phenoxy) is 1. The van der Waals surface area contributed by atoms with Gasteiger partial charge in [-0.1, -0.05) is 12.1 Å². The van der Waals surface area contributed by atoms with Crippen LogP contribution in [0.3, 0.4) is 0 Å². The summed E-state index contributed by atoms with van der Waals surface area (Å²) in [6.07, 6.45) is 1.65. The van der Waals surface area contributed by atoms with Crippen LogP contribution in [0.1, 0.15) is 17.3 Å². The van der Waals surface area contributed by atoms with Crippen molar-refractivity contribution < 1.29 is 19.7 Å². The number of methoxy groups -OCH3 is 1. The average Bonchev–Trinajstić information content (AvgIpc) is 2.49. The van der Waals surface area contributed by atoms with Crippen LogP contribution in [0.4, 0.5) is 0 Å². The third kappa shape index (κ3) is 3.70. The summed E-state index contributed by atoms with van der Waals surface area (Å²) in [7, 11) is 1.41. The molecule has 2 aromatic rings. The first-order valence-electron chi connectivity index (χ1n) is 6.35. The molecule has 1 atom stereocenters. The van der Waals surface area contributed by atoms with Gasteiger partial charge in [0.25, 0.3) is 0 Å². The Balaban J connectivity index is 2.17. The summed E-state index contributed by atoms with van der Waals surface area (Å²) in [5.41, 5.74) is 1.24. The molecule has 0 fully saturated rings. The van der Waals surface area contributed by atoms with Gasteiger partial charge in [0.15, 0.2) is 11.5 Å². The highest BCUT2D eigenvalue weighted by Crippen LogP contribution is 2.29. The van der Waals surface area contributed by atoms with E-state index in [2.05, 4.69) is 10.3 Å². The molecule has 0 radical (unpaired) electrons. The summed E-state index contributed by atoms with van der Waals surface area (Å²) >= 11 is 0. The molecule has 110 valence electrons. The normalized spacial score (nSPS) is 11.9. The van der Waals surface area contributed by atoms with E-state index in [9.17, 15) is 15.0 Å². The molecule has 0 aliphatic heterocycles. The van der Waals surface area contributed by atoms with Gasteiger partial charge in [-0.2, -0.15) is 0 Å². The topological polar surface area (TPSA) is 91.7 Å². The number of carboxylic acid groups (broad SMARTS) is 1. The molecule has 6 heteroatoms. The lowest BCUT2D eigenvalue weighted by atomic mass is 10.1. The average molecular weight is 288 g/mol. The zero-order valence-corrected chi connectivity index (χ0v) is 11.5. The smallest absolute Gasteiger partial charge is 0.325 e. The van der Waals surface area contributed by atoms with Gasteiger partial charge in [-0.05, 0) is 29.8 Å². The quantitative estimate of drug-likeness (QED) is 0.749. The molecular formula is C15H16N2O4. The van der Waals surface area contributed by atoms with Crippen LogP contribution in [0.2, 0.25) is 0 Å². The third-order valence-electron chi connectivity index (χ3n) is 3.00. The molecule has 2 rings (SSSR count). The van der Waals surface area contributed by atoms with Crippen molar-refractivity contribution in [1.82, 2.24) is 10.3 Å². The van der Waals surface area contributed by atoms with Gasteiger partial charge >= 0.3 is 5.97 Å². The van der Waals surface area contributed by atoms with Gasteiger partial charge in [-0.3, -0.25) is 15.1 Å². The summed E-state index contributed by atoms with van der Waals surface area (Å²) in [4.78, 5) is 15.6. The molecule has 21 heavy (non-hydrogen) atoms. The standard InChI is InChI=1S/C15H16N2O4/c1-21-13-8-10(5-6-12(13)18)14(15(19)20)17-9-11-4-2-3-7-16-11/h2-8,14,17-18H,9H2,1H3,(H,19,20). The first-order valence-corrected chi connectivity index (χ1v) is 6.35. The van der Waals surface area contributed by atoms with Gasteiger partial charge in [0.2, 0.25) is 0 Å². The highest BCUT2D eigenvalue weighted by molar-refractivity contribution is 5.76. The lowest BCUT2D eigenvalue weighted by molar-refractivity contribution is -0.139. The molecule has 1 heterocycles. The Morgan fingerprint density at radius 3 is 2.81 bits per heavy atom. The minimum atomic E-state index is -1.02. The molecule has 0 spiro atoms. The molecule has 0 aliphatic carbocycles. The monoisotopic (exact) mass is 288 g/mol. The summed E-state index contributed by atoms with van der Waals surface area (Å²) in [5.74, 6) is -0.813. The number of carbonyl (C=O) groups is 1. The maximum Gasteiger partial charge on any atom is 0.325 e. The molecule has 0 amide bonds. The van der Waals surface area contributed by atoms with Crippen molar-refractivity contribution in [3.8, 4) is 11.5 Å². The van der Waals surface area contributed by atoms with Crippen LogP contribution in [0.15, 0.2) is 42.6 Å². The van der Waals surface area contributed by atoms with Gasteiger partial charge in [-0.15, -0.1) is 0 Å². The van der Waals surface area contributed by atoms with E-state index in [1.165, 1.54) is 19.2 Å². The second-order valence-corrected chi connectivity index (χ2v) is 4.40. The first kappa shape index (κ1) is 14.8. The Kier molecular flexibility index (Phi) is 4.73. The van der Waals surface area contributed by atoms with E-state index in [-0.39, 0.29) is 11.5 Å². The van der Waals surface area contributed by atoms with Crippen molar-refractivity contribution in [2.24, 2.45) is 0 Å². The number of phenolic OH excluding ortho intramolecular Hbond substituents is 1. The van der Waals surface area contributed by atoms with E-state index in [1.54, 1.807) is 18.3 Å². The SMILES string of the molecule is COc1cc(C(NCc2ccccn2)C(=O)O)ccc1O. The van der Waals surface area contributed by atoms with E-state index < -0.39 is 12.0 Å². The molecule has 1 unspecified atom stereocenters. The van der Waals surface area contributed by atoms with Crippen LogP contribution < -0.4 is 10.1 Å². The van der Waals surface area contributed by atoms with Crippen LogP contribution >= 0.6 is 0 Å². The van der Waals surface area contributed by atoms with Crippen LogP contribution in [-0.4, -0.2) is 28.3 Å². The molecule has 0 bridgehead atoms. The van der Waals surface area contributed by atoms with Crippen molar-refractivity contribution in [2.75, 3.05) is 7.11 Å². The second kappa shape index (κ2) is 6.71. The van der Waals surface area contributed by atoms with Gasteiger partial charge in [-0.25, -0.2) is 0 Å². The van der Waals surface area contributed by atoms with Crippen molar-refractivity contribution in [3.05, 3.63) is 53.9 Å². The Morgan fingerprint density at radius 1 is 1.38 bits per heavy atom. The maximum atomic E-state index is 11.4. The third-order valence-corrected chi connectivity index (χ3v) is 3.00. The summed E-state index contributed by atoms with van der Waals surface area (Å²) < 4.78 is 5.00. The number of aromatic nitrogens is 1. The van der Waals surface area contributed by atoms with Crippen molar-refractivity contribution in [1.29, 1.82) is 0 Å². The molecular weight excluding hydrogens is 272 g/mol. The van der Waals surface area contributed by atoms with Gasteiger partial charge in [0.1, 0.15) is 6.04 Å². The van der Waals surface area contributed by atoms with Gasteiger partial charge in [0, 0.05) is 12.7 Å². The predicted molar refractivity (Wildman–Crippen MR) is 76.1 cm³/mol. The fraction of sp³-hybridized carbons (Fsp3) is 0.200. The number of hydrogen-bond acceptors (Lipinski definition) is 5. The van der Waals surface area contributed by atoms with Gasteiger partial charge in [0.05, 0.1) is 12.8 Å². The number of benzene rings is 1. The predicted octanol–water partition coefficient (Wildman–Crippen LogP) is 1.71. The molecule has 0 aliphatic rings. The maximum absolute atomic E-state index is 11.4. The molecule has 0 saturated carbocycles. The second-order valence-electron chi connectivity index (χ2n) is 4.40. The summed E-state index contributed by atoms with van der Waals surface area (Å²) in [6.45, 7) is 0.320. The number of carboxylic acids is 1. The number of rotatable bonds is 6. The number of hydrogen-bond donors (Lipinski definition) is 3. The zero-order chi connectivity index (χ0) is 15.2.